The first-order chi connectivity index (χ1) is 16.0. The second-order valence-corrected chi connectivity index (χ2v) is 11.2. The Kier molecular flexibility index (Phi) is 5.47. The molecule has 33 heavy (non-hydrogen) atoms. The molecule has 1 amide bonds. The van der Waals surface area contributed by atoms with Crippen LogP contribution in [0.4, 0.5) is 10.1 Å². The predicted molar refractivity (Wildman–Crippen MR) is 132 cm³/mol. The van der Waals surface area contributed by atoms with Gasteiger partial charge in [-0.2, -0.15) is 0 Å². The lowest BCUT2D eigenvalue weighted by atomic mass is 9.83. The van der Waals surface area contributed by atoms with Gasteiger partial charge in [0.15, 0.2) is 7.14 Å². The molecule has 5 rings (SSSR count). The Balaban J connectivity index is 1.84. The van der Waals surface area contributed by atoms with Crippen LogP contribution in [0.25, 0.3) is 0 Å². The zero-order chi connectivity index (χ0) is 23.0. The quantitative estimate of drug-likeness (QED) is 0.391. The molecule has 0 fully saturated rings. The van der Waals surface area contributed by atoms with E-state index >= 15 is 4.57 Å². The van der Waals surface area contributed by atoms with Crippen LogP contribution in [0.1, 0.15) is 17.0 Å². The number of hydrogen-bond donors (Lipinski definition) is 0. The molecule has 4 aromatic rings. The Morgan fingerprint density at radius 3 is 1.82 bits per heavy atom. The van der Waals surface area contributed by atoms with Gasteiger partial charge >= 0.3 is 0 Å². The standard InChI is InChI=1S/C28H23FNO2P/c1-30-25-19-21(29)17-18-24(25)26(20-11-5-2-6-12-20)27(28(30)31)33(32,22-13-7-3-8-14-22)23-15-9-4-10-16-23/h2-19,26-27H,1H3/t26-,27+/m1/s1. The number of rotatable bonds is 4. The van der Waals surface area contributed by atoms with Crippen LogP contribution < -0.4 is 15.5 Å². The van der Waals surface area contributed by atoms with Gasteiger partial charge in [-0.1, -0.05) is 97.1 Å². The smallest absolute Gasteiger partial charge is 0.238 e. The van der Waals surface area contributed by atoms with E-state index in [-0.39, 0.29) is 5.91 Å². The van der Waals surface area contributed by atoms with E-state index in [0.717, 1.165) is 11.1 Å². The first-order valence-electron chi connectivity index (χ1n) is 10.8. The molecule has 1 heterocycles. The van der Waals surface area contributed by atoms with Crippen molar-refractivity contribution in [3.63, 3.8) is 0 Å². The fourth-order valence-electron chi connectivity index (χ4n) is 4.86. The van der Waals surface area contributed by atoms with Crippen LogP contribution in [0.5, 0.6) is 0 Å². The van der Waals surface area contributed by atoms with Crippen molar-refractivity contribution < 1.29 is 13.8 Å². The molecule has 164 valence electrons. The highest BCUT2D eigenvalue weighted by atomic mass is 31.2. The highest BCUT2D eigenvalue weighted by Gasteiger charge is 2.51. The summed E-state index contributed by atoms with van der Waals surface area (Å²) in [5.74, 6) is -1.18. The van der Waals surface area contributed by atoms with Crippen molar-refractivity contribution in [2.75, 3.05) is 11.9 Å². The largest absolute Gasteiger partial charge is 0.314 e. The number of fused-ring (bicyclic) bond motifs is 1. The van der Waals surface area contributed by atoms with E-state index in [2.05, 4.69) is 0 Å². The normalized spacial score (nSPS) is 18.1. The maximum Gasteiger partial charge on any atom is 0.238 e. The maximum atomic E-state index is 15.3. The summed E-state index contributed by atoms with van der Waals surface area (Å²) in [6, 6.07) is 32.6. The summed E-state index contributed by atoms with van der Waals surface area (Å²) in [5.41, 5.74) is 1.32. The summed E-state index contributed by atoms with van der Waals surface area (Å²) in [6.45, 7) is 0. The van der Waals surface area contributed by atoms with Crippen molar-refractivity contribution in [2.45, 2.75) is 11.6 Å². The third-order valence-electron chi connectivity index (χ3n) is 6.42. The van der Waals surface area contributed by atoms with Crippen molar-refractivity contribution in [1.29, 1.82) is 0 Å². The van der Waals surface area contributed by atoms with E-state index in [4.69, 9.17) is 0 Å². The van der Waals surface area contributed by atoms with Gasteiger partial charge in [-0.25, -0.2) is 4.39 Å². The minimum absolute atomic E-state index is 0.280. The molecular weight excluding hydrogens is 432 g/mol. The Morgan fingerprint density at radius 2 is 1.27 bits per heavy atom. The second-order valence-electron chi connectivity index (χ2n) is 8.26. The van der Waals surface area contributed by atoms with E-state index in [9.17, 15) is 9.18 Å². The zero-order valence-electron chi connectivity index (χ0n) is 18.1. The molecule has 2 atom stereocenters. The Hall–Kier alpha value is -3.49. The monoisotopic (exact) mass is 455 g/mol. The molecule has 0 N–H and O–H groups in total. The average Bonchev–Trinajstić information content (AvgIpc) is 2.87. The molecule has 3 nitrogen and oxygen atoms in total. The molecule has 4 aromatic carbocycles. The first-order valence-corrected chi connectivity index (χ1v) is 12.6. The van der Waals surface area contributed by atoms with Crippen LogP contribution in [-0.4, -0.2) is 18.6 Å². The molecule has 0 unspecified atom stereocenters. The molecule has 0 saturated heterocycles. The van der Waals surface area contributed by atoms with Crippen molar-refractivity contribution in [1.82, 2.24) is 0 Å². The lowest BCUT2D eigenvalue weighted by Gasteiger charge is -2.41. The number of benzene rings is 4. The number of hydrogen-bond acceptors (Lipinski definition) is 2. The summed E-state index contributed by atoms with van der Waals surface area (Å²) in [6.07, 6.45) is 0. The van der Waals surface area contributed by atoms with Gasteiger partial charge in [-0.3, -0.25) is 4.79 Å². The van der Waals surface area contributed by atoms with Crippen molar-refractivity contribution in [3.8, 4) is 0 Å². The number of nitrogens with zero attached hydrogens (tertiary/aromatic N) is 1. The Morgan fingerprint density at radius 1 is 0.758 bits per heavy atom. The van der Waals surface area contributed by atoms with Gasteiger partial charge < -0.3 is 9.46 Å². The molecule has 0 aromatic heterocycles. The van der Waals surface area contributed by atoms with Crippen molar-refractivity contribution in [2.24, 2.45) is 0 Å². The van der Waals surface area contributed by atoms with E-state index in [1.165, 1.54) is 17.0 Å². The van der Waals surface area contributed by atoms with Gasteiger partial charge in [0.05, 0.1) is 5.69 Å². The molecular formula is C28H23FNO2P. The van der Waals surface area contributed by atoms with E-state index in [0.29, 0.717) is 16.3 Å². The van der Waals surface area contributed by atoms with Crippen LogP contribution in [0.2, 0.25) is 0 Å². The SMILES string of the molecule is CN1C(=O)[C@@H](P(=O)(c2ccccc2)c2ccccc2)[C@H](c2ccccc2)c2ccc(F)cc21. The van der Waals surface area contributed by atoms with E-state index in [1.54, 1.807) is 13.1 Å². The fraction of sp³-hybridized carbons (Fsp3) is 0.107. The molecule has 0 bridgehead atoms. The second kappa shape index (κ2) is 8.46. The van der Waals surface area contributed by atoms with Crippen molar-refractivity contribution >= 4 is 29.3 Å². The molecule has 0 spiro atoms. The minimum Gasteiger partial charge on any atom is -0.314 e. The fourth-order valence-corrected chi connectivity index (χ4v) is 8.26. The Bertz CT molecular complexity index is 1300. The van der Waals surface area contributed by atoms with Gasteiger partial charge in [0, 0.05) is 23.6 Å². The van der Waals surface area contributed by atoms with E-state index < -0.39 is 24.5 Å². The van der Waals surface area contributed by atoms with Crippen LogP contribution in [-0.2, 0) is 9.36 Å². The summed E-state index contributed by atoms with van der Waals surface area (Å²) in [4.78, 5) is 15.5. The maximum absolute atomic E-state index is 15.3. The van der Waals surface area contributed by atoms with Crippen LogP contribution >= 0.6 is 7.14 Å². The lowest BCUT2D eigenvalue weighted by molar-refractivity contribution is -0.118. The minimum atomic E-state index is -3.47. The molecule has 5 heteroatoms. The zero-order valence-corrected chi connectivity index (χ0v) is 19.0. The van der Waals surface area contributed by atoms with Crippen molar-refractivity contribution in [3.05, 3.63) is 126 Å². The number of carbonyl (C=O) groups is 1. The number of amides is 1. The third-order valence-corrected chi connectivity index (χ3v) is 9.85. The van der Waals surface area contributed by atoms with Crippen LogP contribution in [0, 0.1) is 5.82 Å². The third kappa shape index (κ3) is 3.51. The Labute approximate surface area is 192 Å². The number of halogens is 1. The van der Waals surface area contributed by atoms with Gasteiger partial charge in [0.2, 0.25) is 5.91 Å². The molecule has 0 saturated carbocycles. The molecule has 0 radical (unpaired) electrons. The molecule has 1 aliphatic heterocycles. The number of anilines is 1. The van der Waals surface area contributed by atoms with Crippen LogP contribution in [0.15, 0.2) is 109 Å². The summed E-state index contributed by atoms with van der Waals surface area (Å²) in [5, 5.41) is 1.27. The number of carbonyl (C=O) groups excluding carboxylic acids is 1. The highest BCUT2D eigenvalue weighted by Crippen LogP contribution is 2.58. The van der Waals surface area contributed by atoms with Gasteiger partial charge in [0.25, 0.3) is 0 Å². The van der Waals surface area contributed by atoms with Gasteiger partial charge in [0.1, 0.15) is 11.5 Å². The predicted octanol–water partition coefficient (Wildman–Crippen LogP) is 5.32. The molecule has 1 aliphatic rings. The topological polar surface area (TPSA) is 37.4 Å². The average molecular weight is 455 g/mol. The van der Waals surface area contributed by atoms with E-state index in [1.807, 2.05) is 91.0 Å². The van der Waals surface area contributed by atoms with Crippen LogP contribution in [0.3, 0.4) is 0 Å². The lowest BCUT2D eigenvalue weighted by Crippen LogP contribution is -2.48. The van der Waals surface area contributed by atoms with Gasteiger partial charge in [-0.15, -0.1) is 0 Å². The molecule has 0 aliphatic carbocycles. The highest BCUT2D eigenvalue weighted by molar-refractivity contribution is 7.80. The van der Waals surface area contributed by atoms with Gasteiger partial charge in [-0.05, 0) is 23.3 Å². The summed E-state index contributed by atoms with van der Waals surface area (Å²) in [7, 11) is -1.83. The summed E-state index contributed by atoms with van der Waals surface area (Å²) < 4.78 is 29.5. The summed E-state index contributed by atoms with van der Waals surface area (Å²) >= 11 is 0. The first kappa shape index (κ1) is 21.4.